The molecule has 0 aromatic rings. The number of nitrogens with zero attached hydrogens (tertiary/aromatic N) is 1. The molecule has 0 aliphatic carbocycles. The van der Waals surface area contributed by atoms with E-state index in [2.05, 4.69) is 83.1 Å². The summed E-state index contributed by atoms with van der Waals surface area (Å²) < 4.78 is 1.08. The fourth-order valence-corrected chi connectivity index (χ4v) is 6.04. The Labute approximate surface area is 119 Å². The lowest BCUT2D eigenvalue weighted by atomic mass is 9.75. The fourth-order valence-electron chi connectivity index (χ4n) is 6.04. The van der Waals surface area contributed by atoms with Gasteiger partial charge in [0, 0.05) is 8.41 Å². The van der Waals surface area contributed by atoms with E-state index in [-0.39, 0.29) is 30.6 Å². The second kappa shape index (κ2) is 4.85. The fraction of sp³-hybridized carbons (Fsp3) is 1.00. The molecule has 0 aliphatic rings. The largest absolute Gasteiger partial charge is 0.307 e. The van der Waals surface area contributed by atoms with Crippen LogP contribution in [0.2, 0.25) is 0 Å². The molecule has 0 atom stereocenters. The summed E-state index contributed by atoms with van der Waals surface area (Å²) in [5.41, 5.74) is 0.812. The van der Waals surface area contributed by atoms with E-state index in [1.165, 1.54) is 0 Å². The molecule has 0 bridgehead atoms. The Hall–Kier alpha value is 0.0249. The van der Waals surface area contributed by atoms with E-state index in [0.717, 1.165) is 4.48 Å². The van der Waals surface area contributed by atoms with Gasteiger partial charge in [0.25, 0.3) is 0 Å². The number of quaternary nitrogens is 1. The minimum Gasteiger partial charge on any atom is -0.307 e. The maximum atomic E-state index is 2.38. The number of hydrogen-bond acceptors (Lipinski definition) is 0. The van der Waals surface area contributed by atoms with Gasteiger partial charge in [-0.25, -0.2) is 0 Å². The highest BCUT2D eigenvalue weighted by atomic mass is 15.5. The maximum absolute atomic E-state index is 2.38. The molecule has 107 valence electrons. The Morgan fingerprint density at radius 1 is 0.389 bits per heavy atom. The summed E-state index contributed by atoms with van der Waals surface area (Å²) in [6.45, 7) is 28.6. The Balaban J connectivity index is 0. The van der Waals surface area contributed by atoms with Crippen LogP contribution in [0.5, 0.6) is 0 Å². The Morgan fingerprint density at radius 2 is 0.500 bits per heavy atom. The minimum absolute atomic E-state index is 0. The summed E-state index contributed by atoms with van der Waals surface area (Å²) in [6.07, 6.45) is 0. The summed E-state index contributed by atoms with van der Waals surface area (Å²) in [6, 6.07) is 0. The maximum Gasteiger partial charge on any atom is 0.0918 e. The van der Waals surface area contributed by atoms with Crippen LogP contribution in [0.1, 0.15) is 83.1 Å². The second-order valence-electron chi connectivity index (χ2n) is 9.35. The molecule has 0 aromatic heterocycles. The van der Waals surface area contributed by atoms with Crippen molar-refractivity contribution in [1.29, 1.82) is 0 Å². The molecule has 1 nitrogen and oxygen atoms in total. The highest BCUT2D eigenvalue weighted by Crippen LogP contribution is 2.50. The summed E-state index contributed by atoms with van der Waals surface area (Å²) in [4.78, 5) is 0. The van der Waals surface area contributed by atoms with E-state index in [1.54, 1.807) is 0 Å². The van der Waals surface area contributed by atoms with E-state index < -0.39 is 0 Å². The van der Waals surface area contributed by atoms with Crippen LogP contribution in [0.25, 0.3) is 0 Å². The van der Waals surface area contributed by atoms with Crippen molar-refractivity contribution in [3.05, 3.63) is 0 Å². The standard InChI is InChI=1S/C16H36N.B/c1-13(2,3)17(14(4,5)6,15(7,8)9)16(10,11)12;/h1-12H3;/q+1;. The Morgan fingerprint density at radius 3 is 0.500 bits per heavy atom. The molecule has 0 amide bonds. The van der Waals surface area contributed by atoms with Crippen molar-refractivity contribution in [2.45, 2.75) is 105 Å². The third-order valence-corrected chi connectivity index (χ3v) is 4.02. The van der Waals surface area contributed by atoms with Crippen molar-refractivity contribution in [2.75, 3.05) is 0 Å². The summed E-state index contributed by atoms with van der Waals surface area (Å²) >= 11 is 0. The van der Waals surface area contributed by atoms with Crippen LogP contribution in [0.4, 0.5) is 0 Å². The lowest BCUT2D eigenvalue weighted by molar-refractivity contribution is -1.08. The van der Waals surface area contributed by atoms with Crippen molar-refractivity contribution in [2.24, 2.45) is 0 Å². The van der Waals surface area contributed by atoms with Crippen molar-refractivity contribution in [3.63, 3.8) is 0 Å². The zero-order valence-corrected chi connectivity index (χ0v) is 15.0. The van der Waals surface area contributed by atoms with E-state index in [9.17, 15) is 0 Å². The van der Waals surface area contributed by atoms with Crippen molar-refractivity contribution >= 4 is 8.41 Å². The first-order valence-corrected chi connectivity index (χ1v) is 6.89. The first-order valence-electron chi connectivity index (χ1n) is 6.89. The molecule has 0 saturated carbocycles. The molecule has 0 saturated heterocycles. The van der Waals surface area contributed by atoms with Crippen LogP contribution in [-0.4, -0.2) is 35.1 Å². The van der Waals surface area contributed by atoms with Gasteiger partial charge in [0.05, 0.1) is 22.2 Å². The van der Waals surface area contributed by atoms with Crippen LogP contribution in [0, 0.1) is 0 Å². The topological polar surface area (TPSA) is 0 Å². The van der Waals surface area contributed by atoms with E-state index in [4.69, 9.17) is 0 Å². The van der Waals surface area contributed by atoms with Crippen molar-refractivity contribution in [3.8, 4) is 0 Å². The Kier molecular flexibility index (Phi) is 5.48. The van der Waals surface area contributed by atoms with E-state index in [0.29, 0.717) is 0 Å². The predicted molar refractivity (Wildman–Crippen MR) is 85.0 cm³/mol. The monoisotopic (exact) mass is 253 g/mol. The zero-order chi connectivity index (χ0) is 14.5. The molecule has 0 aromatic carbocycles. The van der Waals surface area contributed by atoms with Gasteiger partial charge >= 0.3 is 0 Å². The summed E-state index contributed by atoms with van der Waals surface area (Å²) in [5.74, 6) is 0. The van der Waals surface area contributed by atoms with Crippen molar-refractivity contribution in [1.82, 2.24) is 0 Å². The molecular formula is C16H36BN+. The van der Waals surface area contributed by atoms with Crippen LogP contribution in [0.15, 0.2) is 0 Å². The van der Waals surface area contributed by atoms with Crippen LogP contribution in [-0.2, 0) is 0 Å². The highest BCUT2D eigenvalue weighted by Gasteiger charge is 2.62. The smallest absolute Gasteiger partial charge is 0.0918 e. The van der Waals surface area contributed by atoms with Crippen LogP contribution in [0.3, 0.4) is 0 Å². The normalized spacial score (nSPS) is 15.3. The molecule has 0 N–H and O–H groups in total. The average Bonchev–Trinajstić information content (AvgIpc) is 1.67. The SMILES string of the molecule is CC(C)(C)[N+](C(C)(C)C)(C(C)(C)C)C(C)(C)C.[B]. The van der Waals surface area contributed by atoms with Gasteiger partial charge in [0.1, 0.15) is 0 Å². The lowest BCUT2D eigenvalue weighted by Crippen LogP contribution is -2.82. The summed E-state index contributed by atoms with van der Waals surface area (Å²) in [7, 11) is 0. The predicted octanol–water partition coefficient (Wildman–Crippen LogP) is 4.62. The van der Waals surface area contributed by atoms with E-state index >= 15 is 0 Å². The van der Waals surface area contributed by atoms with Gasteiger partial charge < -0.3 is 4.48 Å². The Bertz CT molecular complexity index is 204. The second-order valence-corrected chi connectivity index (χ2v) is 9.35. The third kappa shape index (κ3) is 2.79. The molecule has 3 radical (unpaired) electrons. The third-order valence-electron chi connectivity index (χ3n) is 4.02. The average molecular weight is 253 g/mol. The van der Waals surface area contributed by atoms with Gasteiger partial charge in [-0.15, -0.1) is 0 Å². The molecule has 0 aliphatic heterocycles. The van der Waals surface area contributed by atoms with Gasteiger partial charge in [-0.3, -0.25) is 0 Å². The van der Waals surface area contributed by atoms with Gasteiger partial charge in [-0.05, 0) is 83.1 Å². The molecule has 18 heavy (non-hydrogen) atoms. The first kappa shape index (κ1) is 20.3. The number of hydrogen-bond donors (Lipinski definition) is 0. The van der Waals surface area contributed by atoms with Crippen LogP contribution >= 0.6 is 0 Å². The molecule has 0 unspecified atom stereocenters. The van der Waals surface area contributed by atoms with Crippen molar-refractivity contribution < 1.29 is 4.48 Å². The zero-order valence-electron chi connectivity index (χ0n) is 15.0. The van der Waals surface area contributed by atoms with Gasteiger partial charge in [0.2, 0.25) is 0 Å². The molecule has 0 rings (SSSR count). The lowest BCUT2D eigenvalue weighted by Gasteiger charge is -2.70. The minimum atomic E-state index is 0. The number of rotatable bonds is 0. The first-order chi connectivity index (χ1) is 7.00. The van der Waals surface area contributed by atoms with Gasteiger partial charge in [-0.1, -0.05) is 0 Å². The molecule has 0 heterocycles. The molecule has 2 heteroatoms. The molecule has 0 spiro atoms. The summed E-state index contributed by atoms with van der Waals surface area (Å²) in [5, 5.41) is 0. The molecular weight excluding hydrogens is 217 g/mol. The van der Waals surface area contributed by atoms with Gasteiger partial charge in [0.15, 0.2) is 0 Å². The molecule has 0 fully saturated rings. The highest BCUT2D eigenvalue weighted by molar-refractivity contribution is 5.75. The van der Waals surface area contributed by atoms with Crippen LogP contribution < -0.4 is 0 Å². The van der Waals surface area contributed by atoms with E-state index in [1.807, 2.05) is 0 Å². The quantitative estimate of drug-likeness (QED) is 0.436. The van der Waals surface area contributed by atoms with Gasteiger partial charge in [-0.2, -0.15) is 0 Å².